The first-order valence-electron chi connectivity index (χ1n) is 7.48. The van der Waals surface area contributed by atoms with Crippen molar-refractivity contribution in [2.75, 3.05) is 5.75 Å². The van der Waals surface area contributed by atoms with Crippen LogP contribution >= 0.6 is 34.7 Å². The Kier molecular flexibility index (Phi) is 5.72. The molecule has 9 heteroatoms. The molecule has 2 heterocycles. The molecule has 1 aromatic carbocycles. The number of aryl methyl sites for hydroxylation is 1. The van der Waals surface area contributed by atoms with Gasteiger partial charge < -0.3 is 9.13 Å². The molecule has 0 atom stereocenters. The molecule has 25 heavy (non-hydrogen) atoms. The number of hydrogen-bond donors (Lipinski definition) is 0. The summed E-state index contributed by atoms with van der Waals surface area (Å²) in [7, 11) is 1.87. The van der Waals surface area contributed by atoms with E-state index < -0.39 is 0 Å². The Morgan fingerprint density at radius 3 is 2.88 bits per heavy atom. The first-order valence-corrected chi connectivity index (χ1v) is 9.72. The summed E-state index contributed by atoms with van der Waals surface area (Å²) in [6.07, 6.45) is 1.90. The second kappa shape index (κ2) is 7.99. The maximum Gasteiger partial charge on any atom is 0.258 e. The molecule has 0 bridgehead atoms. The summed E-state index contributed by atoms with van der Waals surface area (Å²) in [6.45, 7) is 2.44. The SMILES string of the molecule is Cc1nnc(SCC(=O)N=c2sccn2Cc2ccccc2Cl)n1C. The van der Waals surface area contributed by atoms with Crippen LogP contribution in [0.2, 0.25) is 5.02 Å². The highest BCUT2D eigenvalue weighted by Crippen LogP contribution is 2.16. The number of rotatable bonds is 5. The van der Waals surface area contributed by atoms with Crippen molar-refractivity contribution in [2.45, 2.75) is 18.6 Å². The lowest BCUT2D eigenvalue weighted by Gasteiger charge is -2.05. The zero-order valence-electron chi connectivity index (χ0n) is 13.7. The van der Waals surface area contributed by atoms with E-state index in [1.54, 1.807) is 0 Å². The molecule has 0 N–H and O–H groups in total. The Bertz CT molecular complexity index is 959. The van der Waals surface area contributed by atoms with Gasteiger partial charge in [0.25, 0.3) is 5.91 Å². The lowest BCUT2D eigenvalue weighted by atomic mass is 10.2. The summed E-state index contributed by atoms with van der Waals surface area (Å²) in [5, 5.41) is 11.3. The van der Waals surface area contributed by atoms with Crippen molar-refractivity contribution in [3.8, 4) is 0 Å². The van der Waals surface area contributed by atoms with Crippen LogP contribution in [0.1, 0.15) is 11.4 Å². The molecule has 1 amide bonds. The van der Waals surface area contributed by atoms with Gasteiger partial charge in [-0.1, -0.05) is 41.6 Å². The Morgan fingerprint density at radius 2 is 2.16 bits per heavy atom. The molecule has 0 unspecified atom stereocenters. The van der Waals surface area contributed by atoms with Crippen LogP contribution in [0.15, 0.2) is 46.0 Å². The van der Waals surface area contributed by atoms with E-state index in [2.05, 4.69) is 15.2 Å². The summed E-state index contributed by atoms with van der Waals surface area (Å²) in [5.41, 5.74) is 0.986. The lowest BCUT2D eigenvalue weighted by Crippen LogP contribution is -2.17. The third-order valence-electron chi connectivity index (χ3n) is 3.56. The Hall–Kier alpha value is -1.90. The average molecular weight is 394 g/mol. The van der Waals surface area contributed by atoms with Crippen LogP contribution in [0.25, 0.3) is 0 Å². The van der Waals surface area contributed by atoms with Gasteiger partial charge in [-0.2, -0.15) is 4.99 Å². The lowest BCUT2D eigenvalue weighted by molar-refractivity contribution is -0.115. The Labute approximate surface area is 158 Å². The number of thioether (sulfide) groups is 1. The molecule has 0 aliphatic heterocycles. The number of aromatic nitrogens is 4. The third-order valence-corrected chi connectivity index (χ3v) is 5.72. The van der Waals surface area contributed by atoms with E-state index in [-0.39, 0.29) is 11.7 Å². The maximum atomic E-state index is 12.2. The van der Waals surface area contributed by atoms with E-state index in [4.69, 9.17) is 11.6 Å². The number of carbonyl (C=O) groups is 1. The molecule has 130 valence electrons. The van der Waals surface area contributed by atoms with Gasteiger partial charge in [0, 0.05) is 23.6 Å². The fraction of sp³-hybridized carbons (Fsp3) is 0.250. The number of hydrogen-bond acceptors (Lipinski definition) is 5. The van der Waals surface area contributed by atoms with Crippen LogP contribution < -0.4 is 4.80 Å². The summed E-state index contributed by atoms with van der Waals surface area (Å²) in [5.74, 6) is 0.819. The minimum absolute atomic E-state index is 0.207. The van der Waals surface area contributed by atoms with Crippen LogP contribution in [0, 0.1) is 6.92 Å². The van der Waals surface area contributed by atoms with Crippen molar-refractivity contribution < 1.29 is 4.79 Å². The fourth-order valence-corrected chi connectivity index (χ4v) is 3.78. The quantitative estimate of drug-likeness (QED) is 0.625. The summed E-state index contributed by atoms with van der Waals surface area (Å²) < 4.78 is 3.77. The van der Waals surface area contributed by atoms with Gasteiger partial charge in [0.2, 0.25) is 0 Å². The van der Waals surface area contributed by atoms with Crippen molar-refractivity contribution in [3.63, 3.8) is 0 Å². The highest BCUT2D eigenvalue weighted by Gasteiger charge is 2.09. The summed E-state index contributed by atoms with van der Waals surface area (Å²) in [6, 6.07) is 7.65. The number of thiazole rings is 1. The van der Waals surface area contributed by atoms with Gasteiger partial charge in [0.15, 0.2) is 9.96 Å². The molecular weight excluding hydrogens is 378 g/mol. The van der Waals surface area contributed by atoms with Crippen molar-refractivity contribution in [2.24, 2.45) is 12.0 Å². The van der Waals surface area contributed by atoms with E-state index >= 15 is 0 Å². The van der Waals surface area contributed by atoms with Gasteiger partial charge in [0.05, 0.1) is 12.3 Å². The molecule has 0 aliphatic carbocycles. The summed E-state index contributed by atoms with van der Waals surface area (Å²) in [4.78, 5) is 17.1. The van der Waals surface area contributed by atoms with E-state index in [0.29, 0.717) is 21.5 Å². The predicted octanol–water partition coefficient (Wildman–Crippen LogP) is 2.91. The van der Waals surface area contributed by atoms with Crippen molar-refractivity contribution >= 4 is 40.6 Å². The second-order valence-corrected chi connectivity index (χ2v) is 7.51. The molecular formula is C16H16ClN5OS2. The molecule has 0 radical (unpaired) electrons. The number of carbonyl (C=O) groups excluding carboxylic acids is 1. The molecule has 3 aromatic rings. The minimum atomic E-state index is -0.207. The van der Waals surface area contributed by atoms with Crippen LogP contribution in [0.3, 0.4) is 0 Å². The Balaban J connectivity index is 1.71. The van der Waals surface area contributed by atoms with Crippen LogP contribution in [0.4, 0.5) is 0 Å². The first kappa shape index (κ1) is 17.9. The highest BCUT2D eigenvalue weighted by atomic mass is 35.5. The molecule has 0 saturated carbocycles. The first-order chi connectivity index (χ1) is 12.0. The number of nitrogens with zero attached hydrogens (tertiary/aromatic N) is 5. The van der Waals surface area contributed by atoms with Gasteiger partial charge in [-0.05, 0) is 18.6 Å². The summed E-state index contributed by atoms with van der Waals surface area (Å²) >= 11 is 8.96. The highest BCUT2D eigenvalue weighted by molar-refractivity contribution is 7.99. The molecule has 0 fully saturated rings. The maximum absolute atomic E-state index is 12.2. The van der Waals surface area contributed by atoms with E-state index in [0.717, 1.165) is 11.4 Å². The molecule has 0 aliphatic rings. The third kappa shape index (κ3) is 4.39. The molecule has 6 nitrogen and oxygen atoms in total. The smallest absolute Gasteiger partial charge is 0.258 e. The van der Waals surface area contributed by atoms with E-state index in [1.165, 1.54) is 23.1 Å². The van der Waals surface area contributed by atoms with Crippen LogP contribution in [-0.4, -0.2) is 31.0 Å². The van der Waals surface area contributed by atoms with Crippen molar-refractivity contribution in [1.29, 1.82) is 0 Å². The molecule has 0 spiro atoms. The number of amides is 1. The number of benzene rings is 1. The standard InChI is InChI=1S/C16H16ClN5OS2/c1-11-19-20-16(21(11)2)25-10-14(23)18-15-22(7-8-24-15)9-12-5-3-4-6-13(12)17/h3-8H,9-10H2,1-2H3. The zero-order chi connectivity index (χ0) is 17.8. The Morgan fingerprint density at radius 1 is 1.36 bits per heavy atom. The predicted molar refractivity (Wildman–Crippen MR) is 99.9 cm³/mol. The van der Waals surface area contributed by atoms with Crippen molar-refractivity contribution in [1.82, 2.24) is 19.3 Å². The van der Waals surface area contributed by atoms with Gasteiger partial charge in [-0.3, -0.25) is 4.79 Å². The van der Waals surface area contributed by atoms with Gasteiger partial charge >= 0.3 is 0 Å². The average Bonchev–Trinajstić information content (AvgIpc) is 3.15. The second-order valence-electron chi connectivity index (χ2n) is 5.29. The van der Waals surface area contributed by atoms with E-state index in [1.807, 2.05) is 58.9 Å². The normalized spacial score (nSPS) is 11.9. The largest absolute Gasteiger partial charge is 0.319 e. The van der Waals surface area contributed by atoms with Gasteiger partial charge in [0.1, 0.15) is 5.82 Å². The molecule has 3 rings (SSSR count). The van der Waals surface area contributed by atoms with Gasteiger partial charge in [-0.25, -0.2) is 0 Å². The molecule has 0 saturated heterocycles. The van der Waals surface area contributed by atoms with Gasteiger partial charge in [-0.15, -0.1) is 21.5 Å². The fourth-order valence-electron chi connectivity index (χ4n) is 2.10. The zero-order valence-corrected chi connectivity index (χ0v) is 16.1. The van der Waals surface area contributed by atoms with Crippen LogP contribution in [0.5, 0.6) is 0 Å². The number of halogens is 1. The topological polar surface area (TPSA) is 65.1 Å². The minimum Gasteiger partial charge on any atom is -0.319 e. The monoisotopic (exact) mass is 393 g/mol. The van der Waals surface area contributed by atoms with Crippen LogP contribution in [-0.2, 0) is 18.4 Å². The van der Waals surface area contributed by atoms with E-state index in [9.17, 15) is 4.79 Å². The van der Waals surface area contributed by atoms with Crippen molar-refractivity contribution in [3.05, 3.63) is 57.1 Å². The molecule has 2 aromatic heterocycles.